The van der Waals surface area contributed by atoms with Crippen molar-refractivity contribution in [3.8, 4) is 5.75 Å². The molecule has 2 aromatic carbocycles. The number of ether oxygens (including phenoxy) is 1. The van der Waals surface area contributed by atoms with Gasteiger partial charge in [-0.1, -0.05) is 24.3 Å². The fourth-order valence-electron chi connectivity index (χ4n) is 2.88. The average molecular weight is 322 g/mol. The number of methoxy groups -OCH3 is 1. The van der Waals surface area contributed by atoms with Gasteiger partial charge in [0.2, 0.25) is 0 Å². The van der Waals surface area contributed by atoms with Crippen molar-refractivity contribution < 1.29 is 9.53 Å². The SMILES string of the molecule is COc1ccc(CCNC(=O)c2[nH]c3cc(C)ccc3c2C)cc1. The van der Waals surface area contributed by atoms with Crippen LogP contribution in [0.4, 0.5) is 0 Å². The maximum absolute atomic E-state index is 12.4. The summed E-state index contributed by atoms with van der Waals surface area (Å²) in [7, 11) is 1.65. The zero-order chi connectivity index (χ0) is 17.1. The zero-order valence-electron chi connectivity index (χ0n) is 14.3. The second-order valence-electron chi connectivity index (χ2n) is 6.03. The Morgan fingerprint density at radius 2 is 1.88 bits per heavy atom. The molecule has 2 N–H and O–H groups in total. The number of aromatic amines is 1. The Labute approximate surface area is 141 Å². The summed E-state index contributed by atoms with van der Waals surface area (Å²) >= 11 is 0. The van der Waals surface area contributed by atoms with Crippen LogP contribution < -0.4 is 10.1 Å². The monoisotopic (exact) mass is 322 g/mol. The maximum atomic E-state index is 12.4. The molecule has 1 heterocycles. The number of nitrogens with one attached hydrogen (secondary N) is 2. The molecule has 3 rings (SSSR count). The molecule has 24 heavy (non-hydrogen) atoms. The number of aromatic nitrogens is 1. The van der Waals surface area contributed by atoms with Crippen molar-refractivity contribution in [2.75, 3.05) is 13.7 Å². The first-order valence-corrected chi connectivity index (χ1v) is 8.08. The molecular weight excluding hydrogens is 300 g/mol. The van der Waals surface area contributed by atoms with Gasteiger partial charge in [-0.3, -0.25) is 4.79 Å². The number of amides is 1. The molecular formula is C20H22N2O2. The predicted molar refractivity (Wildman–Crippen MR) is 96.8 cm³/mol. The van der Waals surface area contributed by atoms with E-state index in [0.29, 0.717) is 12.2 Å². The van der Waals surface area contributed by atoms with E-state index in [2.05, 4.69) is 28.5 Å². The van der Waals surface area contributed by atoms with Crippen molar-refractivity contribution in [1.82, 2.24) is 10.3 Å². The zero-order valence-corrected chi connectivity index (χ0v) is 14.3. The van der Waals surface area contributed by atoms with Crippen LogP contribution in [-0.2, 0) is 6.42 Å². The quantitative estimate of drug-likeness (QED) is 0.751. The lowest BCUT2D eigenvalue weighted by atomic mass is 10.1. The van der Waals surface area contributed by atoms with E-state index in [1.54, 1.807) is 7.11 Å². The van der Waals surface area contributed by atoms with Gasteiger partial charge in [0.15, 0.2) is 0 Å². The molecule has 0 saturated carbocycles. The Kier molecular flexibility index (Phi) is 4.56. The molecule has 1 aromatic heterocycles. The number of benzene rings is 2. The lowest BCUT2D eigenvalue weighted by Crippen LogP contribution is -2.26. The van der Waals surface area contributed by atoms with Crippen LogP contribution in [0.25, 0.3) is 10.9 Å². The number of rotatable bonds is 5. The van der Waals surface area contributed by atoms with Crippen molar-refractivity contribution in [3.05, 3.63) is 64.8 Å². The minimum atomic E-state index is -0.0603. The summed E-state index contributed by atoms with van der Waals surface area (Å²) in [6, 6.07) is 14.1. The molecule has 124 valence electrons. The van der Waals surface area contributed by atoms with Crippen LogP contribution in [0, 0.1) is 13.8 Å². The first kappa shape index (κ1) is 16.1. The van der Waals surface area contributed by atoms with E-state index >= 15 is 0 Å². The van der Waals surface area contributed by atoms with Crippen molar-refractivity contribution in [2.45, 2.75) is 20.3 Å². The van der Waals surface area contributed by atoms with Gasteiger partial charge >= 0.3 is 0 Å². The molecule has 4 heteroatoms. The summed E-state index contributed by atoms with van der Waals surface area (Å²) in [4.78, 5) is 15.7. The molecule has 0 aliphatic carbocycles. The average Bonchev–Trinajstić information content (AvgIpc) is 2.91. The summed E-state index contributed by atoms with van der Waals surface area (Å²) in [5, 5.41) is 4.09. The molecule has 0 aliphatic heterocycles. The summed E-state index contributed by atoms with van der Waals surface area (Å²) in [6.45, 7) is 4.62. The fourth-order valence-corrected chi connectivity index (χ4v) is 2.88. The van der Waals surface area contributed by atoms with Crippen molar-refractivity contribution in [2.24, 2.45) is 0 Å². The van der Waals surface area contributed by atoms with Gasteiger partial charge in [-0.2, -0.15) is 0 Å². The summed E-state index contributed by atoms with van der Waals surface area (Å²) in [6.07, 6.45) is 0.786. The summed E-state index contributed by atoms with van der Waals surface area (Å²) in [5.41, 5.74) is 4.99. The van der Waals surface area contributed by atoms with Crippen LogP contribution in [0.3, 0.4) is 0 Å². The number of fused-ring (bicyclic) bond motifs is 1. The fraction of sp³-hybridized carbons (Fsp3) is 0.250. The van der Waals surface area contributed by atoms with Crippen molar-refractivity contribution in [1.29, 1.82) is 0 Å². The highest BCUT2D eigenvalue weighted by Crippen LogP contribution is 2.22. The second-order valence-corrected chi connectivity index (χ2v) is 6.03. The van der Waals surface area contributed by atoms with Gasteiger partial charge in [-0.05, 0) is 55.2 Å². The molecule has 0 atom stereocenters. The minimum Gasteiger partial charge on any atom is -0.497 e. The minimum absolute atomic E-state index is 0.0603. The summed E-state index contributed by atoms with van der Waals surface area (Å²) in [5.74, 6) is 0.779. The molecule has 0 spiro atoms. The molecule has 1 amide bonds. The number of carbonyl (C=O) groups is 1. The number of hydrogen-bond acceptors (Lipinski definition) is 2. The van der Waals surface area contributed by atoms with Gasteiger partial charge in [-0.25, -0.2) is 0 Å². The number of aryl methyl sites for hydroxylation is 2. The molecule has 0 unspecified atom stereocenters. The molecule has 0 saturated heterocycles. The Balaban J connectivity index is 1.65. The van der Waals surface area contributed by atoms with E-state index in [1.165, 1.54) is 11.1 Å². The molecule has 3 aromatic rings. The normalized spacial score (nSPS) is 10.8. The molecule has 4 nitrogen and oxygen atoms in total. The Morgan fingerprint density at radius 3 is 2.58 bits per heavy atom. The van der Waals surface area contributed by atoms with Crippen LogP contribution in [0.5, 0.6) is 5.75 Å². The van der Waals surface area contributed by atoms with Gasteiger partial charge < -0.3 is 15.0 Å². The third-order valence-electron chi connectivity index (χ3n) is 4.30. The maximum Gasteiger partial charge on any atom is 0.268 e. The largest absolute Gasteiger partial charge is 0.497 e. The molecule has 0 fully saturated rings. The standard InChI is InChI=1S/C20H22N2O2/c1-13-4-9-17-14(2)19(22-18(17)12-13)20(23)21-11-10-15-5-7-16(24-3)8-6-15/h4-9,12,22H,10-11H2,1-3H3,(H,21,23). The first-order valence-electron chi connectivity index (χ1n) is 8.08. The van der Waals surface area contributed by atoms with Gasteiger partial charge in [0.1, 0.15) is 11.4 Å². The highest BCUT2D eigenvalue weighted by molar-refractivity contribution is 6.00. The van der Waals surface area contributed by atoms with Gasteiger partial charge in [0.25, 0.3) is 5.91 Å². The number of carbonyl (C=O) groups excluding carboxylic acids is 1. The van der Waals surface area contributed by atoms with Crippen LogP contribution in [0.1, 0.15) is 27.2 Å². The van der Waals surface area contributed by atoms with Crippen LogP contribution in [0.2, 0.25) is 0 Å². The van der Waals surface area contributed by atoms with E-state index in [1.807, 2.05) is 38.1 Å². The van der Waals surface area contributed by atoms with E-state index in [4.69, 9.17) is 4.74 Å². The van der Waals surface area contributed by atoms with E-state index in [-0.39, 0.29) is 5.91 Å². The molecule has 0 radical (unpaired) electrons. The number of hydrogen-bond donors (Lipinski definition) is 2. The van der Waals surface area contributed by atoms with Crippen LogP contribution in [0.15, 0.2) is 42.5 Å². The van der Waals surface area contributed by atoms with E-state index in [0.717, 1.165) is 28.6 Å². The topological polar surface area (TPSA) is 54.1 Å². The van der Waals surface area contributed by atoms with E-state index < -0.39 is 0 Å². The van der Waals surface area contributed by atoms with Gasteiger partial charge in [0.05, 0.1) is 7.11 Å². The molecule has 0 aliphatic rings. The highest BCUT2D eigenvalue weighted by Gasteiger charge is 2.14. The third kappa shape index (κ3) is 3.27. The number of H-pyrrole nitrogens is 1. The summed E-state index contributed by atoms with van der Waals surface area (Å²) < 4.78 is 5.15. The Bertz CT molecular complexity index is 863. The smallest absolute Gasteiger partial charge is 0.268 e. The third-order valence-corrected chi connectivity index (χ3v) is 4.30. The van der Waals surface area contributed by atoms with E-state index in [9.17, 15) is 4.79 Å². The lowest BCUT2D eigenvalue weighted by molar-refractivity contribution is 0.0949. The second kappa shape index (κ2) is 6.79. The highest BCUT2D eigenvalue weighted by atomic mass is 16.5. The first-order chi connectivity index (χ1) is 11.6. The Morgan fingerprint density at radius 1 is 1.12 bits per heavy atom. The lowest BCUT2D eigenvalue weighted by Gasteiger charge is -2.06. The molecule has 0 bridgehead atoms. The van der Waals surface area contributed by atoms with Gasteiger partial charge in [0, 0.05) is 17.4 Å². The van der Waals surface area contributed by atoms with Crippen LogP contribution >= 0.6 is 0 Å². The van der Waals surface area contributed by atoms with Crippen LogP contribution in [-0.4, -0.2) is 24.5 Å². The van der Waals surface area contributed by atoms with Crippen molar-refractivity contribution in [3.63, 3.8) is 0 Å². The Hall–Kier alpha value is -2.75. The van der Waals surface area contributed by atoms with Gasteiger partial charge in [-0.15, -0.1) is 0 Å². The predicted octanol–water partition coefficient (Wildman–Crippen LogP) is 3.77. The van der Waals surface area contributed by atoms with Crippen molar-refractivity contribution >= 4 is 16.8 Å².